The Kier molecular flexibility index (Phi) is 7.68. The lowest BCUT2D eigenvalue weighted by Gasteiger charge is -2.14. The Balaban J connectivity index is 2.01. The molecular formula is C21H26N2O5. The molecule has 7 nitrogen and oxygen atoms in total. The molecule has 0 aliphatic rings. The summed E-state index contributed by atoms with van der Waals surface area (Å²) in [5, 5.41) is 4.13. The highest BCUT2D eigenvalue weighted by Crippen LogP contribution is 2.38. The van der Waals surface area contributed by atoms with Crippen molar-refractivity contribution < 1.29 is 23.7 Å². The van der Waals surface area contributed by atoms with Crippen LogP contribution < -0.4 is 24.4 Å². The summed E-state index contributed by atoms with van der Waals surface area (Å²) in [4.78, 5) is 12.0. The number of nitrogens with one attached hydrogen (secondary N) is 1. The molecule has 0 saturated carbocycles. The third kappa shape index (κ3) is 5.39. The SMILES string of the molecule is CCc1ccc(OCC(=O)N/N=C(/C)c2cc(OC)c(OC)c(OC)c2)cc1. The second-order valence-corrected chi connectivity index (χ2v) is 5.93. The lowest BCUT2D eigenvalue weighted by Crippen LogP contribution is -2.25. The van der Waals surface area contributed by atoms with Gasteiger partial charge in [0.25, 0.3) is 5.91 Å². The number of aryl methyl sites for hydroxylation is 1. The molecule has 28 heavy (non-hydrogen) atoms. The zero-order chi connectivity index (χ0) is 20.5. The fourth-order valence-electron chi connectivity index (χ4n) is 2.50. The molecule has 1 amide bonds. The summed E-state index contributed by atoms with van der Waals surface area (Å²) < 4.78 is 21.4. The Morgan fingerprint density at radius 1 is 1.00 bits per heavy atom. The first-order valence-corrected chi connectivity index (χ1v) is 8.87. The highest BCUT2D eigenvalue weighted by Gasteiger charge is 2.14. The van der Waals surface area contributed by atoms with Crippen molar-refractivity contribution in [2.45, 2.75) is 20.3 Å². The van der Waals surface area contributed by atoms with Gasteiger partial charge in [0.2, 0.25) is 5.75 Å². The number of carbonyl (C=O) groups is 1. The standard InChI is InChI=1S/C21H26N2O5/c1-6-15-7-9-17(10-8-15)28-13-20(24)23-22-14(2)16-11-18(25-3)21(27-5)19(12-16)26-4/h7-12H,6,13H2,1-5H3,(H,23,24)/b22-14-. The van der Waals surface area contributed by atoms with Gasteiger partial charge in [-0.3, -0.25) is 4.79 Å². The molecule has 0 saturated heterocycles. The van der Waals surface area contributed by atoms with E-state index in [0.717, 1.165) is 12.0 Å². The molecule has 0 heterocycles. The van der Waals surface area contributed by atoms with Crippen LogP contribution in [0.25, 0.3) is 0 Å². The van der Waals surface area contributed by atoms with E-state index in [1.807, 2.05) is 24.3 Å². The molecule has 0 atom stereocenters. The molecule has 1 N–H and O–H groups in total. The Bertz CT molecular complexity index is 806. The Hall–Kier alpha value is -3.22. The van der Waals surface area contributed by atoms with E-state index in [2.05, 4.69) is 17.5 Å². The number of ether oxygens (including phenoxy) is 4. The summed E-state index contributed by atoms with van der Waals surface area (Å²) in [6.07, 6.45) is 0.954. The second-order valence-electron chi connectivity index (χ2n) is 5.93. The van der Waals surface area contributed by atoms with Crippen LogP contribution in [0.2, 0.25) is 0 Å². The van der Waals surface area contributed by atoms with Crippen molar-refractivity contribution in [2.24, 2.45) is 5.10 Å². The smallest absolute Gasteiger partial charge is 0.277 e. The van der Waals surface area contributed by atoms with Crippen molar-refractivity contribution in [3.63, 3.8) is 0 Å². The molecule has 7 heteroatoms. The van der Waals surface area contributed by atoms with Crippen molar-refractivity contribution in [3.05, 3.63) is 47.5 Å². The normalized spacial score (nSPS) is 11.0. The lowest BCUT2D eigenvalue weighted by atomic mass is 10.1. The van der Waals surface area contributed by atoms with E-state index >= 15 is 0 Å². The van der Waals surface area contributed by atoms with Gasteiger partial charge in [0, 0.05) is 5.56 Å². The number of hydrogen-bond donors (Lipinski definition) is 1. The summed E-state index contributed by atoms with van der Waals surface area (Å²) in [7, 11) is 4.62. The fraction of sp³-hybridized carbons (Fsp3) is 0.333. The number of methoxy groups -OCH3 is 3. The molecule has 2 rings (SSSR count). The van der Waals surface area contributed by atoms with Gasteiger partial charge in [0.1, 0.15) is 5.75 Å². The first-order chi connectivity index (χ1) is 13.5. The quantitative estimate of drug-likeness (QED) is 0.529. The highest BCUT2D eigenvalue weighted by molar-refractivity contribution is 6.00. The Morgan fingerprint density at radius 3 is 2.11 bits per heavy atom. The Morgan fingerprint density at radius 2 is 1.61 bits per heavy atom. The maximum Gasteiger partial charge on any atom is 0.277 e. The van der Waals surface area contributed by atoms with E-state index < -0.39 is 0 Å². The second kappa shape index (κ2) is 10.2. The van der Waals surface area contributed by atoms with Crippen LogP contribution in [-0.4, -0.2) is 39.6 Å². The molecule has 0 aliphatic carbocycles. The highest BCUT2D eigenvalue weighted by atomic mass is 16.5. The van der Waals surface area contributed by atoms with E-state index in [9.17, 15) is 4.79 Å². The molecule has 0 bridgehead atoms. The van der Waals surface area contributed by atoms with Crippen molar-refractivity contribution in [1.82, 2.24) is 5.43 Å². The monoisotopic (exact) mass is 386 g/mol. The summed E-state index contributed by atoms with van der Waals surface area (Å²) in [5.74, 6) is 1.80. The van der Waals surface area contributed by atoms with Crippen molar-refractivity contribution in [3.8, 4) is 23.0 Å². The van der Waals surface area contributed by atoms with Crippen LogP contribution in [0, 0.1) is 0 Å². The van der Waals surface area contributed by atoms with Crippen LogP contribution in [0.5, 0.6) is 23.0 Å². The molecule has 0 unspecified atom stereocenters. The van der Waals surface area contributed by atoms with E-state index in [0.29, 0.717) is 28.7 Å². The first kappa shape index (κ1) is 21.1. The average molecular weight is 386 g/mol. The third-order valence-electron chi connectivity index (χ3n) is 4.13. The van der Waals surface area contributed by atoms with Crippen LogP contribution in [0.1, 0.15) is 25.0 Å². The number of hydrogen-bond acceptors (Lipinski definition) is 6. The average Bonchev–Trinajstić information content (AvgIpc) is 2.74. The first-order valence-electron chi connectivity index (χ1n) is 8.87. The number of hydrazone groups is 1. The minimum atomic E-state index is -0.355. The number of carbonyl (C=O) groups excluding carboxylic acids is 1. The van der Waals surface area contributed by atoms with Gasteiger partial charge in [-0.2, -0.15) is 5.10 Å². The van der Waals surface area contributed by atoms with Crippen molar-refractivity contribution in [2.75, 3.05) is 27.9 Å². The van der Waals surface area contributed by atoms with Gasteiger partial charge in [-0.1, -0.05) is 19.1 Å². The van der Waals surface area contributed by atoms with Gasteiger partial charge in [0.15, 0.2) is 18.1 Å². The molecule has 2 aromatic carbocycles. The molecule has 0 spiro atoms. The molecular weight excluding hydrogens is 360 g/mol. The summed E-state index contributed by atoms with van der Waals surface area (Å²) in [5.41, 5.74) is 5.01. The predicted octanol–water partition coefficient (Wildman–Crippen LogP) is 3.19. The van der Waals surface area contributed by atoms with Gasteiger partial charge >= 0.3 is 0 Å². The maximum atomic E-state index is 12.0. The summed E-state index contributed by atoms with van der Waals surface area (Å²) in [6.45, 7) is 3.72. The van der Waals surface area contributed by atoms with Crippen LogP contribution in [0.15, 0.2) is 41.5 Å². The van der Waals surface area contributed by atoms with Crippen molar-refractivity contribution in [1.29, 1.82) is 0 Å². The zero-order valence-electron chi connectivity index (χ0n) is 16.9. The minimum Gasteiger partial charge on any atom is -0.493 e. The topological polar surface area (TPSA) is 78.4 Å². The van der Waals surface area contributed by atoms with Gasteiger partial charge in [0.05, 0.1) is 27.0 Å². The summed E-state index contributed by atoms with van der Waals surface area (Å²) in [6, 6.07) is 11.2. The van der Waals surface area contributed by atoms with Crippen molar-refractivity contribution >= 4 is 11.6 Å². The Labute approximate surface area is 165 Å². The number of benzene rings is 2. The summed E-state index contributed by atoms with van der Waals surface area (Å²) >= 11 is 0. The molecule has 0 aromatic heterocycles. The van der Waals surface area contributed by atoms with Gasteiger partial charge in [-0.05, 0) is 43.2 Å². The molecule has 2 aromatic rings. The lowest BCUT2D eigenvalue weighted by molar-refractivity contribution is -0.123. The van der Waals surface area contributed by atoms with E-state index in [1.165, 1.54) is 12.7 Å². The van der Waals surface area contributed by atoms with Crippen LogP contribution in [0.3, 0.4) is 0 Å². The van der Waals surface area contributed by atoms with Gasteiger partial charge < -0.3 is 18.9 Å². The molecule has 0 radical (unpaired) electrons. The molecule has 0 fully saturated rings. The zero-order valence-corrected chi connectivity index (χ0v) is 16.9. The minimum absolute atomic E-state index is 0.127. The predicted molar refractivity (Wildman–Crippen MR) is 108 cm³/mol. The number of nitrogens with zero attached hydrogens (tertiary/aromatic N) is 1. The van der Waals surface area contributed by atoms with Crippen LogP contribution in [0.4, 0.5) is 0 Å². The largest absolute Gasteiger partial charge is 0.493 e. The fourth-order valence-corrected chi connectivity index (χ4v) is 2.50. The van der Waals surface area contributed by atoms with E-state index in [4.69, 9.17) is 18.9 Å². The molecule has 150 valence electrons. The van der Waals surface area contributed by atoms with E-state index in [-0.39, 0.29) is 12.5 Å². The molecule has 0 aliphatic heterocycles. The van der Waals surface area contributed by atoms with Gasteiger partial charge in [-0.25, -0.2) is 5.43 Å². The third-order valence-corrected chi connectivity index (χ3v) is 4.13. The number of rotatable bonds is 9. The van der Waals surface area contributed by atoms with Crippen LogP contribution >= 0.6 is 0 Å². The maximum absolute atomic E-state index is 12.0. The van der Waals surface area contributed by atoms with E-state index in [1.54, 1.807) is 33.3 Å². The van der Waals surface area contributed by atoms with Crippen LogP contribution in [-0.2, 0) is 11.2 Å². The number of amides is 1. The van der Waals surface area contributed by atoms with Gasteiger partial charge in [-0.15, -0.1) is 0 Å².